The second kappa shape index (κ2) is 5.83. The molecule has 1 nitrogen and oxygen atoms in total. The van der Waals surface area contributed by atoms with Gasteiger partial charge in [-0.1, -0.05) is 43.3 Å². The molecule has 0 spiro atoms. The average molecular weight is 276 g/mol. The zero-order valence-corrected chi connectivity index (χ0v) is 12.7. The Kier molecular flexibility index (Phi) is 4.36. The summed E-state index contributed by atoms with van der Waals surface area (Å²) < 4.78 is 0. The van der Waals surface area contributed by atoms with E-state index in [4.69, 9.17) is 11.6 Å². The molecule has 0 aromatic heterocycles. The molecule has 1 atom stereocenters. The molecule has 0 saturated heterocycles. The maximum Gasteiger partial charge on any atom is 0.0454 e. The smallest absolute Gasteiger partial charge is 0.0454 e. The fourth-order valence-electron chi connectivity index (χ4n) is 2.42. The first-order chi connectivity index (χ1) is 9.04. The normalized spacial score (nSPS) is 16.6. The van der Waals surface area contributed by atoms with E-state index in [0.717, 1.165) is 5.56 Å². The van der Waals surface area contributed by atoms with Crippen molar-refractivity contribution >= 4 is 22.3 Å². The molecule has 1 aromatic carbocycles. The van der Waals surface area contributed by atoms with Gasteiger partial charge in [0.15, 0.2) is 0 Å². The Balaban J connectivity index is 2.37. The minimum atomic E-state index is 0.403. The lowest BCUT2D eigenvalue weighted by Gasteiger charge is -2.23. The van der Waals surface area contributed by atoms with Crippen molar-refractivity contribution in [2.45, 2.75) is 38.6 Å². The van der Waals surface area contributed by atoms with Gasteiger partial charge in [-0.15, -0.1) is 0 Å². The van der Waals surface area contributed by atoms with Crippen molar-refractivity contribution in [1.82, 2.24) is 0 Å². The molecule has 0 radical (unpaired) electrons. The van der Waals surface area contributed by atoms with Crippen LogP contribution in [0, 0.1) is 0 Å². The van der Waals surface area contributed by atoms with Crippen molar-refractivity contribution in [3.8, 4) is 0 Å². The van der Waals surface area contributed by atoms with Gasteiger partial charge < -0.3 is 4.90 Å². The molecule has 2 rings (SSSR count). The van der Waals surface area contributed by atoms with E-state index in [0.29, 0.717) is 17.0 Å². The van der Waals surface area contributed by atoms with Gasteiger partial charge in [0.05, 0.1) is 0 Å². The van der Waals surface area contributed by atoms with Gasteiger partial charge in [0, 0.05) is 29.4 Å². The summed E-state index contributed by atoms with van der Waals surface area (Å²) in [5, 5.41) is 0.622. The van der Waals surface area contributed by atoms with Crippen LogP contribution in [0.3, 0.4) is 0 Å². The van der Waals surface area contributed by atoms with Gasteiger partial charge in [0.1, 0.15) is 0 Å². The lowest BCUT2D eigenvalue weighted by atomic mass is 9.97. The van der Waals surface area contributed by atoms with Crippen LogP contribution in [0.15, 0.2) is 36.9 Å². The molecule has 2 heteroatoms. The molecule has 1 saturated carbocycles. The van der Waals surface area contributed by atoms with Gasteiger partial charge in [-0.05, 0) is 43.4 Å². The minimum absolute atomic E-state index is 0.403. The number of hydrogen-bond acceptors (Lipinski definition) is 1. The number of anilines is 1. The number of allylic oxidation sites excluding steroid dienone is 2. The van der Waals surface area contributed by atoms with Gasteiger partial charge in [0.25, 0.3) is 0 Å². The summed E-state index contributed by atoms with van der Waals surface area (Å²) in [6.45, 7) is 8.16. The Morgan fingerprint density at radius 1 is 1.47 bits per heavy atom. The van der Waals surface area contributed by atoms with E-state index in [-0.39, 0.29) is 0 Å². The van der Waals surface area contributed by atoms with Crippen LogP contribution >= 0.6 is 11.6 Å². The third-order valence-corrected chi connectivity index (χ3v) is 4.00. The van der Waals surface area contributed by atoms with Gasteiger partial charge in [0.2, 0.25) is 0 Å². The van der Waals surface area contributed by atoms with Crippen LogP contribution < -0.4 is 4.90 Å². The molecule has 1 fully saturated rings. The van der Waals surface area contributed by atoms with Crippen molar-refractivity contribution in [3.63, 3.8) is 0 Å². The molecule has 1 unspecified atom stereocenters. The molecule has 0 bridgehead atoms. The molecular weight excluding hydrogens is 254 g/mol. The van der Waals surface area contributed by atoms with Crippen LogP contribution in [0.2, 0.25) is 0 Å². The fourth-order valence-corrected chi connectivity index (χ4v) is 2.57. The number of hydrogen-bond donors (Lipinski definition) is 0. The summed E-state index contributed by atoms with van der Waals surface area (Å²) in [6.07, 6.45) is 6.84. The van der Waals surface area contributed by atoms with E-state index in [1.165, 1.54) is 24.1 Å². The first kappa shape index (κ1) is 14.2. The second-order valence-electron chi connectivity index (χ2n) is 5.34. The third kappa shape index (κ3) is 3.22. The van der Waals surface area contributed by atoms with Crippen molar-refractivity contribution in [1.29, 1.82) is 0 Å². The molecule has 0 heterocycles. The highest BCUT2D eigenvalue weighted by molar-refractivity contribution is 6.48. The van der Waals surface area contributed by atoms with E-state index >= 15 is 0 Å². The van der Waals surface area contributed by atoms with Crippen molar-refractivity contribution < 1.29 is 0 Å². The predicted octanol–water partition coefficient (Wildman–Crippen LogP) is 5.17. The Morgan fingerprint density at radius 3 is 2.68 bits per heavy atom. The summed E-state index contributed by atoms with van der Waals surface area (Å²) >= 11 is 6.19. The highest BCUT2D eigenvalue weighted by atomic mass is 35.5. The summed E-state index contributed by atoms with van der Waals surface area (Å²) in [5.74, 6) is 0.403. The van der Waals surface area contributed by atoms with Crippen LogP contribution in [0.5, 0.6) is 0 Å². The number of benzene rings is 1. The summed E-state index contributed by atoms with van der Waals surface area (Å²) in [5.41, 5.74) is 3.53. The van der Waals surface area contributed by atoms with Crippen molar-refractivity contribution in [2.24, 2.45) is 0 Å². The maximum absolute atomic E-state index is 6.19. The van der Waals surface area contributed by atoms with E-state index in [2.05, 4.69) is 55.8 Å². The van der Waals surface area contributed by atoms with E-state index in [1.54, 1.807) is 0 Å². The molecule has 19 heavy (non-hydrogen) atoms. The van der Waals surface area contributed by atoms with Gasteiger partial charge in [-0.3, -0.25) is 0 Å². The molecule has 0 amide bonds. The topological polar surface area (TPSA) is 3.24 Å². The zero-order valence-electron chi connectivity index (χ0n) is 12.0. The molecule has 1 aliphatic rings. The third-order valence-electron chi connectivity index (χ3n) is 3.79. The van der Waals surface area contributed by atoms with Gasteiger partial charge in [-0.2, -0.15) is 0 Å². The quantitative estimate of drug-likeness (QED) is 0.670. The summed E-state index contributed by atoms with van der Waals surface area (Å²) in [7, 11) is 2.14. The van der Waals surface area contributed by atoms with Gasteiger partial charge >= 0.3 is 0 Å². The monoisotopic (exact) mass is 275 g/mol. The number of halogens is 1. The molecular formula is C17H22ClN. The fraction of sp³-hybridized carbons (Fsp3) is 0.412. The van der Waals surface area contributed by atoms with Gasteiger partial charge in [-0.25, -0.2) is 0 Å². The van der Waals surface area contributed by atoms with Crippen molar-refractivity contribution in [3.05, 3.63) is 48.1 Å². The van der Waals surface area contributed by atoms with Crippen LogP contribution in [0.25, 0.3) is 5.03 Å². The SMILES string of the molecule is C=C(Cl)c1cc(C(C)/C=C\C)ccc1N(C)C1CC1. The summed E-state index contributed by atoms with van der Waals surface area (Å²) in [4.78, 5) is 2.33. The Morgan fingerprint density at radius 2 is 2.16 bits per heavy atom. The van der Waals surface area contributed by atoms with Crippen LogP contribution in [-0.4, -0.2) is 13.1 Å². The number of nitrogens with zero attached hydrogens (tertiary/aromatic N) is 1. The minimum Gasteiger partial charge on any atom is -0.371 e. The molecule has 1 aromatic rings. The maximum atomic E-state index is 6.19. The van der Waals surface area contributed by atoms with Crippen LogP contribution in [-0.2, 0) is 0 Å². The Bertz CT molecular complexity index is 500. The average Bonchev–Trinajstić information content (AvgIpc) is 3.21. The molecule has 1 aliphatic carbocycles. The van der Waals surface area contributed by atoms with E-state index < -0.39 is 0 Å². The predicted molar refractivity (Wildman–Crippen MR) is 86.0 cm³/mol. The van der Waals surface area contributed by atoms with Crippen LogP contribution in [0.1, 0.15) is 43.7 Å². The van der Waals surface area contributed by atoms with E-state index in [1.807, 2.05) is 6.92 Å². The molecule has 0 aliphatic heterocycles. The second-order valence-corrected chi connectivity index (χ2v) is 5.79. The molecule has 102 valence electrons. The largest absolute Gasteiger partial charge is 0.371 e. The van der Waals surface area contributed by atoms with Crippen LogP contribution in [0.4, 0.5) is 5.69 Å². The first-order valence-corrected chi connectivity index (χ1v) is 7.26. The van der Waals surface area contributed by atoms with E-state index in [9.17, 15) is 0 Å². The number of rotatable bonds is 5. The lowest BCUT2D eigenvalue weighted by Crippen LogP contribution is -2.20. The highest BCUT2D eigenvalue weighted by Crippen LogP contribution is 2.37. The van der Waals surface area contributed by atoms with Crippen molar-refractivity contribution in [2.75, 3.05) is 11.9 Å². The Labute approximate surface area is 121 Å². The first-order valence-electron chi connectivity index (χ1n) is 6.89. The molecule has 0 N–H and O–H groups in total. The Hall–Kier alpha value is -1.21. The standard InChI is InChI=1S/C17H22ClN/c1-5-6-12(2)14-7-10-17(16(11-14)13(3)18)19(4)15-8-9-15/h5-7,10-12,15H,3,8-9H2,1-2,4H3/b6-5-. The summed E-state index contributed by atoms with van der Waals surface area (Å²) in [6, 6.07) is 7.22. The zero-order chi connectivity index (χ0) is 14.0. The lowest BCUT2D eigenvalue weighted by molar-refractivity contribution is 0.909. The highest BCUT2D eigenvalue weighted by Gasteiger charge is 2.28.